The third-order valence-corrected chi connectivity index (χ3v) is 19.3. The van der Waals surface area contributed by atoms with E-state index in [1.165, 1.54) is 62.8 Å². The number of rotatable bonds is 25. The van der Waals surface area contributed by atoms with Crippen molar-refractivity contribution in [1.82, 2.24) is 29.9 Å². The lowest BCUT2D eigenvalue weighted by Crippen LogP contribution is -2.09. The van der Waals surface area contributed by atoms with Crippen LogP contribution in [0.1, 0.15) is 31.8 Å². The zero-order valence-corrected chi connectivity index (χ0v) is 59.8. The maximum atomic E-state index is 13.2. The van der Waals surface area contributed by atoms with E-state index < -0.39 is 162 Å². The first-order valence-corrected chi connectivity index (χ1v) is 36.9. The van der Waals surface area contributed by atoms with Gasteiger partial charge in [0.15, 0.2) is 11.5 Å². The monoisotopic (exact) mass is 1570 g/mol. The van der Waals surface area contributed by atoms with Crippen LogP contribution in [0.5, 0.6) is 34.5 Å². The Balaban J connectivity index is 0.887. The number of anilines is 12. The van der Waals surface area contributed by atoms with Crippen molar-refractivity contribution in [3.05, 3.63) is 180 Å². The molecule has 2 aromatic heterocycles. The minimum Gasteiger partial charge on any atom is -0.507 e. The van der Waals surface area contributed by atoms with E-state index in [-0.39, 0.29) is 58.0 Å². The highest BCUT2D eigenvalue weighted by molar-refractivity contribution is 7.86. The highest BCUT2D eigenvalue weighted by Gasteiger charge is 2.30. The predicted octanol–water partition coefficient (Wildman–Crippen LogP) is 13.2. The summed E-state index contributed by atoms with van der Waals surface area (Å²) >= 11 is 0. The van der Waals surface area contributed by atoms with Crippen LogP contribution in [0.15, 0.2) is 198 Å². The lowest BCUT2D eigenvalue weighted by atomic mass is 10.0. The average Bonchev–Trinajstić information content (AvgIpc) is 0.750. The van der Waals surface area contributed by atoms with Crippen LogP contribution < -0.4 is 41.4 Å². The smallest absolute Gasteiger partial charge is 0.339 e. The van der Waals surface area contributed by atoms with Crippen molar-refractivity contribution in [2.24, 2.45) is 20.5 Å². The minimum atomic E-state index is -5.42. The number of hydrogen-bond acceptors (Lipinski definition) is 32. The number of phenols is 4. The SMILES string of the molecule is COc1cc(-c2ccc(N=Nc3c(S(=O)(=O)O)cc4cc(S(=O)(=O)O)cc(Nc5nc(Nc6cccc(C)c6)nc(Nc6ccc(O)c(C(=O)O)c6)n5)c4c3O)c(OC)c2)ccc1N=Nc1c(S(=O)(=O)O)cc2cc(S(=O)(=O)O)cc(Nc3nc(Nc4cccc(C)c4)nc(Nc4ccc(O)c(C(=O)O)c4)n3)c2c1O. The number of aromatic carboxylic acids is 2. The number of benzene rings is 10. The van der Waals surface area contributed by atoms with Gasteiger partial charge in [-0.2, -0.15) is 63.6 Å². The highest BCUT2D eigenvalue weighted by Crippen LogP contribution is 2.49. The summed E-state index contributed by atoms with van der Waals surface area (Å²) in [7, 11) is -18.7. The van der Waals surface area contributed by atoms with Crippen LogP contribution in [0, 0.1) is 13.8 Å². The Morgan fingerprint density at radius 1 is 0.382 bits per heavy atom. The van der Waals surface area contributed by atoms with Gasteiger partial charge in [-0.15, -0.1) is 20.5 Å². The Morgan fingerprint density at radius 3 is 1.03 bits per heavy atom. The molecule has 10 aromatic carbocycles. The number of fused-ring (bicyclic) bond motifs is 2. The Morgan fingerprint density at radius 2 is 0.718 bits per heavy atom. The maximum absolute atomic E-state index is 13.2. The summed E-state index contributed by atoms with van der Waals surface area (Å²) in [5.41, 5.74) is -0.660. The number of carboxylic acid groups (broad SMARTS) is 2. The first-order chi connectivity index (χ1) is 52.0. The molecule has 0 aliphatic heterocycles. The van der Waals surface area contributed by atoms with Crippen molar-refractivity contribution in [3.63, 3.8) is 0 Å². The lowest BCUT2D eigenvalue weighted by molar-refractivity contribution is 0.0682. The molecule has 12 aromatic rings. The molecule has 0 saturated heterocycles. The number of ether oxygens (including phenoxy) is 2. The average molecular weight is 1580 g/mol. The van der Waals surface area contributed by atoms with Gasteiger partial charge in [0.25, 0.3) is 40.5 Å². The summed E-state index contributed by atoms with van der Waals surface area (Å²) in [6.07, 6.45) is 0. The van der Waals surface area contributed by atoms with Crippen LogP contribution in [0.2, 0.25) is 0 Å². The standard InChI is InChI=1S/C68H54N16O22S4/c1-31-7-5-9-37(19-31)69-63-75-65(71-39-13-17-49(85)43(27-39)61(89)90)79-67(77-63)73-47-29-41(107(93,94)95)21-35-25-53(109(99,100)101)57(59(87)55(35)47)83-81-45-15-11-33(23-51(45)105-3)34-12-16-46(52(24-34)106-4)82-84-58-54(110(102,103)104)26-36-22-42(108(96,97)98)30-48(56(36)60(58)88)74-68-78-64(70-38-10-6-8-32(2)20-38)76-66(80-68)72-40-14-18-50(86)44(28-40)62(91)92/h5-30,85-88H,1-4H3,(H,89,90)(H,91,92)(H,93,94,95)(H,96,97,98)(H,99,100,101)(H,102,103,104)(H3,69,71,73,75,77,79)(H3,70,72,74,76,78,80). The van der Waals surface area contributed by atoms with Gasteiger partial charge in [0.1, 0.15) is 66.7 Å². The predicted molar refractivity (Wildman–Crippen MR) is 396 cm³/mol. The van der Waals surface area contributed by atoms with E-state index in [0.29, 0.717) is 22.5 Å². The van der Waals surface area contributed by atoms with Crippen molar-refractivity contribution in [2.75, 3.05) is 46.1 Å². The third-order valence-electron chi connectivity index (χ3n) is 15.9. The largest absolute Gasteiger partial charge is 0.507 e. The van der Waals surface area contributed by atoms with Gasteiger partial charge in [0.2, 0.25) is 35.7 Å². The van der Waals surface area contributed by atoms with Gasteiger partial charge >= 0.3 is 11.9 Å². The molecule has 12 rings (SSSR count). The fourth-order valence-corrected chi connectivity index (χ4v) is 13.3. The van der Waals surface area contributed by atoms with Crippen molar-refractivity contribution >= 4 is 167 Å². The molecule has 0 aliphatic carbocycles. The number of phenolic OH excluding ortho intramolecular Hbond substituents is 2. The molecule has 42 heteroatoms. The van der Waals surface area contributed by atoms with E-state index in [0.717, 1.165) is 71.8 Å². The number of aromatic hydroxyl groups is 4. The topological polar surface area (TPSA) is 590 Å². The maximum Gasteiger partial charge on any atom is 0.339 e. The molecule has 38 nitrogen and oxygen atoms in total. The van der Waals surface area contributed by atoms with Gasteiger partial charge in [-0.1, -0.05) is 36.4 Å². The highest BCUT2D eigenvalue weighted by atomic mass is 32.2. The fourth-order valence-electron chi connectivity index (χ4n) is 10.9. The molecule has 0 fully saturated rings. The van der Waals surface area contributed by atoms with Crippen LogP contribution in [-0.4, -0.2) is 139 Å². The fraction of sp³-hybridized carbons (Fsp3) is 0.0588. The number of methoxy groups -OCH3 is 2. The summed E-state index contributed by atoms with van der Waals surface area (Å²) < 4.78 is 157. The number of nitrogens with zero attached hydrogens (tertiary/aromatic N) is 10. The zero-order chi connectivity index (χ0) is 79.1. The molecule has 0 radical (unpaired) electrons. The van der Waals surface area contributed by atoms with Crippen LogP contribution in [0.4, 0.5) is 92.6 Å². The van der Waals surface area contributed by atoms with Crippen molar-refractivity contribution in [2.45, 2.75) is 33.4 Å². The molecule has 2 heterocycles. The van der Waals surface area contributed by atoms with Crippen molar-refractivity contribution < 1.29 is 102 Å². The number of carboxylic acids is 2. The summed E-state index contributed by atoms with van der Waals surface area (Å²) in [6, 6.07) is 33.8. The molecule has 0 amide bonds. The molecule has 0 unspecified atom stereocenters. The first kappa shape index (κ1) is 75.8. The zero-order valence-electron chi connectivity index (χ0n) is 56.5. The molecule has 562 valence electrons. The van der Waals surface area contributed by atoms with Gasteiger partial charge < -0.3 is 72.0 Å². The van der Waals surface area contributed by atoms with Crippen LogP contribution in [-0.2, 0) is 40.5 Å². The second-order valence-corrected chi connectivity index (χ2v) is 29.2. The number of aromatic nitrogens is 6. The Kier molecular flexibility index (Phi) is 20.5. The van der Waals surface area contributed by atoms with Crippen molar-refractivity contribution in [1.29, 1.82) is 0 Å². The number of nitrogens with one attached hydrogen (secondary N) is 6. The third kappa shape index (κ3) is 16.8. The quantitative estimate of drug-likeness (QED) is 0.0144. The van der Waals surface area contributed by atoms with Gasteiger partial charge in [-0.3, -0.25) is 18.2 Å². The van der Waals surface area contributed by atoms with E-state index >= 15 is 0 Å². The van der Waals surface area contributed by atoms with E-state index in [1.54, 1.807) is 62.4 Å². The molecule has 0 saturated carbocycles. The van der Waals surface area contributed by atoms with Crippen LogP contribution in [0.25, 0.3) is 32.7 Å². The summed E-state index contributed by atoms with van der Waals surface area (Å²) in [5, 5.41) is 95.8. The van der Waals surface area contributed by atoms with Gasteiger partial charge in [-0.05, 0) is 168 Å². The Labute approximate surface area is 620 Å². The van der Waals surface area contributed by atoms with Crippen LogP contribution in [0.3, 0.4) is 0 Å². The molecule has 0 bridgehead atoms. The van der Waals surface area contributed by atoms with E-state index in [2.05, 4.69) is 82.3 Å². The molecule has 110 heavy (non-hydrogen) atoms. The Hall–Kier alpha value is -13.9. The first-order valence-electron chi connectivity index (χ1n) is 31.1. The van der Waals surface area contributed by atoms with Crippen molar-refractivity contribution in [3.8, 4) is 45.6 Å². The summed E-state index contributed by atoms with van der Waals surface area (Å²) in [5.74, 6) is -8.15. The second-order valence-electron chi connectivity index (χ2n) is 23.5. The molecular weight excluding hydrogens is 1520 g/mol. The number of azo groups is 2. The number of aryl methyl sites for hydroxylation is 2. The molecular formula is C68H54N16O22S4. The summed E-state index contributed by atoms with van der Waals surface area (Å²) in [4.78, 5) is 46.0. The van der Waals surface area contributed by atoms with E-state index in [9.17, 15) is 92.1 Å². The van der Waals surface area contributed by atoms with E-state index in [1.807, 2.05) is 0 Å². The summed E-state index contributed by atoms with van der Waals surface area (Å²) in [6.45, 7) is 3.61. The minimum absolute atomic E-state index is 0.0540. The second kappa shape index (κ2) is 29.8. The normalized spacial score (nSPS) is 12.0. The number of carbonyl (C=O) groups is 2. The molecule has 0 spiro atoms. The molecule has 0 atom stereocenters. The lowest BCUT2D eigenvalue weighted by Gasteiger charge is -2.16. The Bertz CT molecular complexity index is 6020. The van der Waals surface area contributed by atoms with Gasteiger partial charge in [-0.25, -0.2) is 9.59 Å². The van der Waals surface area contributed by atoms with Gasteiger partial charge in [0, 0.05) is 33.5 Å². The van der Waals surface area contributed by atoms with E-state index in [4.69, 9.17) is 9.47 Å². The molecule has 0 aliphatic rings. The molecule has 16 N–H and O–H groups in total. The number of hydrogen-bond donors (Lipinski definition) is 16. The van der Waals surface area contributed by atoms with Gasteiger partial charge in [0.05, 0.1) is 35.4 Å². The van der Waals surface area contributed by atoms with Crippen LogP contribution >= 0.6 is 0 Å².